The molecular formula is C15H17N3O5. The Balaban J connectivity index is 2.68. The summed E-state index contributed by atoms with van der Waals surface area (Å²) in [4.78, 5) is 33.8. The minimum atomic E-state index is -0.834. The van der Waals surface area contributed by atoms with Gasteiger partial charge in [-0.05, 0) is 18.4 Å². The van der Waals surface area contributed by atoms with Crippen LogP contribution in [0.5, 0.6) is 0 Å². The van der Waals surface area contributed by atoms with Crippen molar-refractivity contribution in [2.45, 2.75) is 31.7 Å². The number of rotatable bonds is 8. The minimum absolute atomic E-state index is 0.0899. The van der Waals surface area contributed by atoms with Crippen molar-refractivity contribution in [3.8, 4) is 6.07 Å². The van der Waals surface area contributed by atoms with E-state index in [1.54, 1.807) is 6.07 Å². The van der Waals surface area contributed by atoms with Crippen LogP contribution in [0.3, 0.4) is 0 Å². The molecule has 0 heterocycles. The van der Waals surface area contributed by atoms with Crippen molar-refractivity contribution in [3.05, 3.63) is 39.9 Å². The van der Waals surface area contributed by atoms with Gasteiger partial charge < -0.3 is 10.1 Å². The van der Waals surface area contributed by atoms with Gasteiger partial charge in [-0.2, -0.15) is 5.26 Å². The van der Waals surface area contributed by atoms with E-state index in [1.807, 2.05) is 6.07 Å². The first-order valence-electron chi connectivity index (χ1n) is 6.95. The normalized spacial score (nSPS) is 11.1. The van der Waals surface area contributed by atoms with Crippen LogP contribution >= 0.6 is 0 Å². The van der Waals surface area contributed by atoms with Gasteiger partial charge in [0, 0.05) is 18.6 Å². The molecule has 0 unspecified atom stereocenters. The molecule has 0 aliphatic rings. The van der Waals surface area contributed by atoms with Crippen LogP contribution in [0.25, 0.3) is 0 Å². The van der Waals surface area contributed by atoms with Gasteiger partial charge in [0.15, 0.2) is 0 Å². The van der Waals surface area contributed by atoms with E-state index in [2.05, 4.69) is 10.1 Å². The molecule has 1 atom stereocenters. The van der Waals surface area contributed by atoms with Crippen molar-refractivity contribution in [1.82, 2.24) is 5.32 Å². The van der Waals surface area contributed by atoms with Crippen LogP contribution in [0.2, 0.25) is 0 Å². The fourth-order valence-corrected chi connectivity index (χ4v) is 1.99. The Morgan fingerprint density at radius 1 is 1.48 bits per heavy atom. The first-order valence-corrected chi connectivity index (χ1v) is 6.95. The van der Waals surface area contributed by atoms with Crippen molar-refractivity contribution < 1.29 is 19.2 Å². The van der Waals surface area contributed by atoms with E-state index < -0.39 is 22.8 Å². The van der Waals surface area contributed by atoms with Crippen LogP contribution in [0.15, 0.2) is 24.3 Å². The number of benzene rings is 1. The summed E-state index contributed by atoms with van der Waals surface area (Å²) in [5.74, 6) is -1.03. The molecule has 8 heteroatoms. The number of nitriles is 1. The van der Waals surface area contributed by atoms with Crippen molar-refractivity contribution in [2.24, 2.45) is 0 Å². The number of amides is 1. The van der Waals surface area contributed by atoms with Gasteiger partial charge >= 0.3 is 5.97 Å². The number of carbonyl (C=O) groups excluding carboxylic acids is 2. The Bertz CT molecular complexity index is 624. The van der Waals surface area contributed by atoms with Crippen LogP contribution in [-0.2, 0) is 20.7 Å². The quantitative estimate of drug-likeness (QED) is 0.335. The summed E-state index contributed by atoms with van der Waals surface area (Å²) in [6.45, 7) is 0. The lowest BCUT2D eigenvalue weighted by atomic mass is 10.1. The van der Waals surface area contributed by atoms with Crippen LogP contribution in [0, 0.1) is 21.4 Å². The number of hydrogen-bond donors (Lipinski definition) is 1. The van der Waals surface area contributed by atoms with Gasteiger partial charge in [0.1, 0.15) is 6.04 Å². The Labute approximate surface area is 133 Å². The standard InChI is InChI=1S/C15H17N3O5/c1-23-15(20)13(7-2-3-8-16)17-14(19)10-11-5-4-6-12(9-11)18(21)22/h4-6,9,13H,2-3,7,10H2,1H3,(H,17,19)/t13-/m1/s1. The highest BCUT2D eigenvalue weighted by atomic mass is 16.6. The average molecular weight is 319 g/mol. The largest absolute Gasteiger partial charge is 0.467 e. The number of nitro benzene ring substituents is 1. The fraction of sp³-hybridized carbons (Fsp3) is 0.400. The lowest BCUT2D eigenvalue weighted by Crippen LogP contribution is -2.42. The zero-order chi connectivity index (χ0) is 17.2. The Morgan fingerprint density at radius 3 is 2.83 bits per heavy atom. The summed E-state index contributed by atoms with van der Waals surface area (Å²) in [5.41, 5.74) is 0.367. The van der Waals surface area contributed by atoms with E-state index in [-0.39, 0.29) is 18.5 Å². The summed E-state index contributed by atoms with van der Waals surface area (Å²) in [5, 5.41) is 21.8. The first-order chi connectivity index (χ1) is 11.0. The average Bonchev–Trinajstić information content (AvgIpc) is 2.53. The van der Waals surface area contributed by atoms with E-state index in [0.717, 1.165) is 0 Å². The molecule has 1 aromatic rings. The Kier molecular flexibility index (Phi) is 7.20. The predicted octanol–water partition coefficient (Wildman–Crippen LogP) is 1.49. The molecule has 0 fully saturated rings. The molecule has 0 aliphatic carbocycles. The van der Waals surface area contributed by atoms with Gasteiger partial charge in [-0.15, -0.1) is 0 Å². The van der Waals surface area contributed by atoms with Gasteiger partial charge in [-0.1, -0.05) is 12.1 Å². The molecule has 0 spiro atoms. The minimum Gasteiger partial charge on any atom is -0.467 e. The van der Waals surface area contributed by atoms with E-state index in [0.29, 0.717) is 18.4 Å². The summed E-state index contributed by atoms with van der Waals surface area (Å²) < 4.78 is 4.62. The molecule has 8 nitrogen and oxygen atoms in total. The molecule has 23 heavy (non-hydrogen) atoms. The summed E-state index contributed by atoms with van der Waals surface area (Å²) in [6.07, 6.45) is 0.927. The second-order valence-electron chi connectivity index (χ2n) is 4.80. The second kappa shape index (κ2) is 9.15. The Hall–Kier alpha value is -2.95. The summed E-state index contributed by atoms with van der Waals surface area (Å²) >= 11 is 0. The van der Waals surface area contributed by atoms with Gasteiger partial charge in [-0.25, -0.2) is 4.79 Å². The molecule has 0 aromatic heterocycles. The van der Waals surface area contributed by atoms with E-state index in [1.165, 1.54) is 25.3 Å². The topological polar surface area (TPSA) is 122 Å². The van der Waals surface area contributed by atoms with Gasteiger partial charge in [0.25, 0.3) is 5.69 Å². The molecule has 1 N–H and O–H groups in total. The van der Waals surface area contributed by atoms with Crippen molar-refractivity contribution in [2.75, 3.05) is 7.11 Å². The molecule has 0 radical (unpaired) electrons. The third kappa shape index (κ3) is 6.13. The van der Waals surface area contributed by atoms with E-state index in [4.69, 9.17) is 5.26 Å². The maximum atomic E-state index is 12.0. The second-order valence-corrected chi connectivity index (χ2v) is 4.80. The lowest BCUT2D eigenvalue weighted by Gasteiger charge is -2.15. The third-order valence-corrected chi connectivity index (χ3v) is 3.09. The predicted molar refractivity (Wildman–Crippen MR) is 80.2 cm³/mol. The number of carbonyl (C=O) groups is 2. The van der Waals surface area contributed by atoms with Crippen LogP contribution < -0.4 is 5.32 Å². The highest BCUT2D eigenvalue weighted by molar-refractivity contribution is 5.85. The van der Waals surface area contributed by atoms with E-state index >= 15 is 0 Å². The molecule has 0 saturated heterocycles. The monoisotopic (exact) mass is 319 g/mol. The molecule has 0 saturated carbocycles. The van der Waals surface area contributed by atoms with Crippen molar-refractivity contribution in [1.29, 1.82) is 5.26 Å². The lowest BCUT2D eigenvalue weighted by molar-refractivity contribution is -0.384. The molecular weight excluding hydrogens is 302 g/mol. The first kappa shape index (κ1) is 18.1. The SMILES string of the molecule is COC(=O)[C@@H](CCCC#N)NC(=O)Cc1cccc([N+](=O)[O-])c1. The zero-order valence-electron chi connectivity index (χ0n) is 12.7. The summed E-state index contributed by atoms with van der Waals surface area (Å²) in [6, 6.07) is 6.85. The molecule has 0 aliphatic heterocycles. The van der Waals surface area contributed by atoms with Gasteiger partial charge in [0.2, 0.25) is 5.91 Å². The number of unbranched alkanes of at least 4 members (excludes halogenated alkanes) is 1. The summed E-state index contributed by atoms with van der Waals surface area (Å²) in [7, 11) is 1.21. The van der Waals surface area contributed by atoms with Crippen LogP contribution in [-0.4, -0.2) is 30.0 Å². The number of esters is 1. The molecule has 0 bridgehead atoms. The zero-order valence-corrected chi connectivity index (χ0v) is 12.7. The maximum Gasteiger partial charge on any atom is 0.328 e. The highest BCUT2D eigenvalue weighted by Gasteiger charge is 2.21. The smallest absolute Gasteiger partial charge is 0.328 e. The molecule has 1 amide bonds. The van der Waals surface area contributed by atoms with E-state index in [9.17, 15) is 19.7 Å². The van der Waals surface area contributed by atoms with Crippen LogP contribution in [0.4, 0.5) is 5.69 Å². The van der Waals surface area contributed by atoms with Gasteiger partial charge in [-0.3, -0.25) is 14.9 Å². The number of nitro groups is 1. The van der Waals surface area contributed by atoms with Gasteiger partial charge in [0.05, 0.1) is 24.5 Å². The maximum absolute atomic E-state index is 12.0. The highest BCUT2D eigenvalue weighted by Crippen LogP contribution is 2.13. The number of ether oxygens (including phenoxy) is 1. The number of non-ortho nitro benzene ring substituents is 1. The number of hydrogen-bond acceptors (Lipinski definition) is 6. The molecule has 1 aromatic carbocycles. The van der Waals surface area contributed by atoms with Crippen molar-refractivity contribution >= 4 is 17.6 Å². The Morgan fingerprint density at radius 2 is 2.22 bits per heavy atom. The molecule has 1 rings (SSSR count). The van der Waals surface area contributed by atoms with Crippen molar-refractivity contribution in [3.63, 3.8) is 0 Å². The third-order valence-electron chi connectivity index (χ3n) is 3.09. The fourth-order valence-electron chi connectivity index (χ4n) is 1.99. The number of nitrogens with zero attached hydrogens (tertiary/aromatic N) is 2. The molecule has 122 valence electrons. The van der Waals surface area contributed by atoms with Crippen LogP contribution in [0.1, 0.15) is 24.8 Å². The number of methoxy groups -OCH3 is 1. The number of nitrogens with one attached hydrogen (secondary N) is 1.